The molecule has 0 saturated heterocycles. The lowest BCUT2D eigenvalue weighted by atomic mass is 10.4. The van der Waals surface area contributed by atoms with Crippen molar-refractivity contribution in [3.8, 4) is 0 Å². The maximum atomic E-state index is 4.39. The van der Waals surface area contributed by atoms with E-state index in [0.29, 0.717) is 12.1 Å². The van der Waals surface area contributed by atoms with Crippen molar-refractivity contribution in [3.63, 3.8) is 0 Å². The Hall–Kier alpha value is -0.730. The topological polar surface area (TPSA) is 29.7 Å². The fourth-order valence-electron chi connectivity index (χ4n) is 0.726. The normalized spacial score (nSPS) is 12.5. The molecule has 3 heteroatoms. The predicted octanol–water partition coefficient (Wildman–Crippen LogP) is 1.33. The van der Waals surface area contributed by atoms with Crippen LogP contribution in [-0.4, -0.2) is 37.0 Å². The summed E-state index contributed by atoms with van der Waals surface area (Å²) >= 11 is 0. The van der Waals surface area contributed by atoms with Gasteiger partial charge in [-0.2, -0.15) is 0 Å². The Kier molecular flexibility index (Phi) is 4.71. The van der Waals surface area contributed by atoms with Gasteiger partial charge in [0.05, 0.1) is 0 Å². The molecule has 0 unspecified atom stereocenters. The van der Waals surface area contributed by atoms with Gasteiger partial charge in [0.1, 0.15) is 0 Å². The molecule has 0 aromatic heterocycles. The zero-order valence-corrected chi connectivity index (χ0v) is 9.00. The van der Waals surface area contributed by atoms with E-state index in [4.69, 9.17) is 0 Å². The highest BCUT2D eigenvalue weighted by Crippen LogP contribution is 1.92. The van der Waals surface area contributed by atoms with Gasteiger partial charge in [0.2, 0.25) is 5.96 Å². The van der Waals surface area contributed by atoms with Crippen LogP contribution in [-0.2, 0) is 0 Å². The lowest BCUT2D eigenvalue weighted by molar-refractivity contribution is 0.548. The minimum absolute atomic E-state index is 0.310. The highest BCUT2D eigenvalue weighted by molar-refractivity contribution is 5.79. The molecule has 3 nitrogen and oxygen atoms in total. The van der Waals surface area contributed by atoms with Crippen molar-refractivity contribution in [3.05, 3.63) is 0 Å². The lowest BCUT2D eigenvalue weighted by Crippen LogP contribution is -2.35. The maximum Gasteiger partial charge on any atom is 0.215 e. The third-order valence-electron chi connectivity index (χ3n) is 1.15. The van der Waals surface area contributed by atoms with Crippen LogP contribution in [0, 0.1) is 0 Å². The zero-order valence-electron chi connectivity index (χ0n) is 9.00. The minimum Gasteiger partial charge on any atom is -0.348 e. The van der Waals surface area contributed by atoms with E-state index in [1.165, 1.54) is 0 Å². The third kappa shape index (κ3) is 4.99. The predicted molar refractivity (Wildman–Crippen MR) is 53.5 cm³/mol. The van der Waals surface area contributed by atoms with Crippen molar-refractivity contribution in [2.75, 3.05) is 14.1 Å². The monoisotopic (exact) mass is 170 g/mol. The molecular weight excluding hydrogens is 150 g/mol. The Bertz CT molecular complexity index is 148. The third-order valence-corrected chi connectivity index (χ3v) is 1.15. The molecule has 12 heavy (non-hydrogen) atoms. The van der Waals surface area contributed by atoms with Crippen LogP contribution in [0.5, 0.6) is 0 Å². The summed E-state index contributed by atoms with van der Waals surface area (Å²) in [5.41, 5.74) is 0. The number of hydrogen-bond donors (Lipinski definition) is 0. The molecule has 71 valence electrons. The van der Waals surface area contributed by atoms with Crippen LogP contribution >= 0.6 is 0 Å². The number of nitrogens with zero attached hydrogens (tertiary/aromatic N) is 3. The van der Waals surface area contributed by atoms with Crippen molar-refractivity contribution in [2.24, 2.45) is 4.99 Å². The van der Waals surface area contributed by atoms with Crippen LogP contribution in [0.25, 0.3) is 0 Å². The first-order valence-corrected chi connectivity index (χ1v) is 4.39. The summed E-state index contributed by atoms with van der Waals surface area (Å²) in [6.07, 6.45) is 0. The Balaban J connectivity index is 4.23. The second-order valence-corrected chi connectivity index (χ2v) is 3.64. The average Bonchev–Trinajstić information content (AvgIpc) is 1.83. The lowest BCUT2D eigenvalue weighted by Gasteiger charge is -2.18. The summed E-state index contributed by atoms with van der Waals surface area (Å²) in [5, 5.41) is 4.39. The van der Waals surface area contributed by atoms with E-state index in [2.05, 4.69) is 38.0 Å². The van der Waals surface area contributed by atoms with E-state index in [1.807, 2.05) is 19.0 Å². The molecule has 1 radical (unpaired) electrons. The molecule has 0 heterocycles. The molecule has 0 saturated carbocycles. The van der Waals surface area contributed by atoms with E-state index in [9.17, 15) is 0 Å². The summed E-state index contributed by atoms with van der Waals surface area (Å²) in [5.74, 6) is 0.833. The van der Waals surface area contributed by atoms with Crippen molar-refractivity contribution in [2.45, 2.75) is 39.8 Å². The fourth-order valence-corrected chi connectivity index (χ4v) is 0.726. The molecule has 0 aliphatic heterocycles. The van der Waals surface area contributed by atoms with E-state index < -0.39 is 0 Å². The van der Waals surface area contributed by atoms with E-state index in [0.717, 1.165) is 5.96 Å². The number of aliphatic imine (C=N–C) groups is 1. The number of hydrogen-bond acceptors (Lipinski definition) is 1. The smallest absolute Gasteiger partial charge is 0.215 e. The van der Waals surface area contributed by atoms with Crippen LogP contribution in [0.2, 0.25) is 0 Å². The van der Waals surface area contributed by atoms with Gasteiger partial charge in [0, 0.05) is 26.2 Å². The standard InChI is InChI=1S/C9H20N3/c1-7(2)10-9(12(5)6)11-8(3)4/h7-8H,1-6H3. The van der Waals surface area contributed by atoms with E-state index >= 15 is 0 Å². The second-order valence-electron chi connectivity index (χ2n) is 3.64. The van der Waals surface area contributed by atoms with Crippen molar-refractivity contribution in [1.82, 2.24) is 10.2 Å². The van der Waals surface area contributed by atoms with Crippen LogP contribution < -0.4 is 5.32 Å². The molecule has 0 spiro atoms. The molecule has 0 aromatic rings. The van der Waals surface area contributed by atoms with Crippen molar-refractivity contribution >= 4 is 5.96 Å². The highest BCUT2D eigenvalue weighted by atomic mass is 15.3. The second kappa shape index (κ2) is 5.01. The minimum atomic E-state index is 0.310. The van der Waals surface area contributed by atoms with Gasteiger partial charge in [0.15, 0.2) is 0 Å². The molecular formula is C9H20N3. The first kappa shape index (κ1) is 11.3. The number of guanidine groups is 1. The van der Waals surface area contributed by atoms with Gasteiger partial charge in [-0.25, -0.2) is 10.3 Å². The molecule has 0 atom stereocenters. The van der Waals surface area contributed by atoms with E-state index in [1.54, 1.807) is 0 Å². The molecule has 0 N–H and O–H groups in total. The van der Waals surface area contributed by atoms with Crippen LogP contribution in [0.3, 0.4) is 0 Å². The zero-order chi connectivity index (χ0) is 9.72. The molecule has 0 aromatic carbocycles. The Morgan fingerprint density at radius 2 is 1.50 bits per heavy atom. The summed E-state index contributed by atoms with van der Waals surface area (Å²) in [7, 11) is 3.93. The van der Waals surface area contributed by atoms with Crippen LogP contribution in [0.1, 0.15) is 27.7 Å². The summed E-state index contributed by atoms with van der Waals surface area (Å²) in [4.78, 5) is 6.34. The first-order chi connectivity index (χ1) is 5.43. The Labute approximate surface area is 75.9 Å². The molecule has 0 bridgehead atoms. The SMILES string of the molecule is CC(C)[N]C(=NC(C)C)N(C)C. The van der Waals surface area contributed by atoms with Gasteiger partial charge < -0.3 is 4.90 Å². The van der Waals surface area contributed by atoms with Gasteiger partial charge in [-0.3, -0.25) is 0 Å². The maximum absolute atomic E-state index is 4.39. The van der Waals surface area contributed by atoms with Gasteiger partial charge >= 0.3 is 0 Å². The van der Waals surface area contributed by atoms with Crippen LogP contribution in [0.15, 0.2) is 4.99 Å². The van der Waals surface area contributed by atoms with Crippen LogP contribution in [0.4, 0.5) is 0 Å². The Morgan fingerprint density at radius 1 is 1.00 bits per heavy atom. The van der Waals surface area contributed by atoms with Crippen molar-refractivity contribution < 1.29 is 0 Å². The summed E-state index contributed by atoms with van der Waals surface area (Å²) in [6.45, 7) is 8.22. The fraction of sp³-hybridized carbons (Fsp3) is 0.889. The molecule has 0 fully saturated rings. The molecule has 0 amide bonds. The number of rotatable bonds is 2. The van der Waals surface area contributed by atoms with Crippen molar-refractivity contribution in [1.29, 1.82) is 0 Å². The van der Waals surface area contributed by atoms with Gasteiger partial charge in [-0.15, -0.1) is 0 Å². The summed E-state index contributed by atoms with van der Waals surface area (Å²) in [6, 6.07) is 0.620. The molecule has 0 aliphatic carbocycles. The van der Waals surface area contributed by atoms with Gasteiger partial charge in [0.25, 0.3) is 0 Å². The van der Waals surface area contributed by atoms with E-state index in [-0.39, 0.29) is 0 Å². The van der Waals surface area contributed by atoms with Gasteiger partial charge in [-0.05, 0) is 27.7 Å². The largest absolute Gasteiger partial charge is 0.348 e. The Morgan fingerprint density at radius 3 is 1.75 bits per heavy atom. The summed E-state index contributed by atoms with van der Waals surface area (Å²) < 4.78 is 0. The quantitative estimate of drug-likeness (QED) is 0.454. The molecule has 0 aliphatic rings. The highest BCUT2D eigenvalue weighted by Gasteiger charge is 2.05. The van der Waals surface area contributed by atoms with Gasteiger partial charge in [-0.1, -0.05) is 0 Å². The molecule has 0 rings (SSSR count). The average molecular weight is 170 g/mol. The first-order valence-electron chi connectivity index (χ1n) is 4.39.